The SMILES string of the molecule is O=C(O)c1ccc2c(c1)cc(NC1CCCCC1)c1ccncc12.[H-].[Na+]. The molecule has 1 fully saturated rings. The van der Waals surface area contributed by atoms with E-state index < -0.39 is 5.97 Å². The quantitative estimate of drug-likeness (QED) is 0.563. The van der Waals surface area contributed by atoms with Crippen molar-refractivity contribution in [3.05, 3.63) is 48.3 Å². The first-order valence-corrected chi connectivity index (χ1v) is 8.53. The van der Waals surface area contributed by atoms with Crippen LogP contribution in [-0.4, -0.2) is 22.1 Å². The molecule has 1 aliphatic rings. The number of aromatic nitrogens is 1. The number of nitrogens with zero attached hydrogens (tertiary/aromatic N) is 1. The van der Waals surface area contributed by atoms with Gasteiger partial charge in [0.25, 0.3) is 0 Å². The zero-order valence-electron chi connectivity index (χ0n) is 15.5. The number of aromatic carboxylic acids is 1. The van der Waals surface area contributed by atoms with Crippen molar-refractivity contribution < 1.29 is 40.9 Å². The van der Waals surface area contributed by atoms with E-state index in [2.05, 4.69) is 16.4 Å². The number of nitrogens with one attached hydrogen (secondary N) is 1. The molecule has 1 saturated carbocycles. The van der Waals surface area contributed by atoms with E-state index in [9.17, 15) is 9.90 Å². The number of anilines is 1. The van der Waals surface area contributed by atoms with Crippen LogP contribution in [0.15, 0.2) is 42.7 Å². The molecular weight excluding hydrogens is 323 g/mol. The second kappa shape index (κ2) is 7.73. The van der Waals surface area contributed by atoms with Crippen LogP contribution in [0.4, 0.5) is 5.69 Å². The maximum absolute atomic E-state index is 11.3. The fourth-order valence-corrected chi connectivity index (χ4v) is 3.72. The molecule has 4 rings (SSSR count). The molecule has 0 amide bonds. The van der Waals surface area contributed by atoms with Crippen LogP contribution in [0.25, 0.3) is 21.5 Å². The zero-order valence-corrected chi connectivity index (χ0v) is 16.5. The summed E-state index contributed by atoms with van der Waals surface area (Å²) in [6.07, 6.45) is 9.93. The van der Waals surface area contributed by atoms with Gasteiger partial charge in [0.15, 0.2) is 0 Å². The van der Waals surface area contributed by atoms with Crippen molar-refractivity contribution >= 4 is 33.2 Å². The van der Waals surface area contributed by atoms with E-state index in [-0.39, 0.29) is 31.0 Å². The van der Waals surface area contributed by atoms with Gasteiger partial charge in [0.05, 0.1) is 5.56 Å². The molecule has 4 nitrogen and oxygen atoms in total. The third-order valence-electron chi connectivity index (χ3n) is 4.96. The van der Waals surface area contributed by atoms with Gasteiger partial charge >= 0.3 is 35.5 Å². The molecule has 25 heavy (non-hydrogen) atoms. The Bertz CT molecular complexity index is 926. The molecule has 3 aromatic rings. The van der Waals surface area contributed by atoms with Crippen LogP contribution in [0.5, 0.6) is 0 Å². The van der Waals surface area contributed by atoms with E-state index in [0.29, 0.717) is 11.6 Å². The Balaban J connectivity index is 0.00000121. The topological polar surface area (TPSA) is 62.2 Å². The third kappa shape index (κ3) is 3.66. The summed E-state index contributed by atoms with van der Waals surface area (Å²) in [6, 6.07) is 9.90. The summed E-state index contributed by atoms with van der Waals surface area (Å²) in [7, 11) is 0. The van der Waals surface area contributed by atoms with Gasteiger partial charge in [0, 0.05) is 34.9 Å². The van der Waals surface area contributed by atoms with Crippen molar-refractivity contribution in [2.24, 2.45) is 0 Å². The van der Waals surface area contributed by atoms with E-state index in [1.807, 2.05) is 24.5 Å². The summed E-state index contributed by atoms with van der Waals surface area (Å²) in [5, 5.41) is 17.1. The summed E-state index contributed by atoms with van der Waals surface area (Å²) < 4.78 is 0. The number of benzene rings is 2. The second-order valence-electron chi connectivity index (χ2n) is 6.57. The van der Waals surface area contributed by atoms with Gasteiger partial charge in [0.2, 0.25) is 0 Å². The van der Waals surface area contributed by atoms with E-state index in [0.717, 1.165) is 27.2 Å². The first-order valence-electron chi connectivity index (χ1n) is 8.53. The predicted molar refractivity (Wildman–Crippen MR) is 97.8 cm³/mol. The van der Waals surface area contributed by atoms with Crippen LogP contribution in [0.3, 0.4) is 0 Å². The minimum Gasteiger partial charge on any atom is -1.00 e. The first-order chi connectivity index (χ1) is 11.7. The monoisotopic (exact) mass is 344 g/mol. The number of hydrogen-bond donors (Lipinski definition) is 2. The number of carbonyl (C=O) groups is 1. The first kappa shape index (κ1) is 18.2. The molecule has 0 saturated heterocycles. The van der Waals surface area contributed by atoms with Gasteiger partial charge in [-0.05, 0) is 47.9 Å². The average Bonchev–Trinajstić information content (AvgIpc) is 2.62. The van der Waals surface area contributed by atoms with Crippen molar-refractivity contribution in [3.63, 3.8) is 0 Å². The van der Waals surface area contributed by atoms with Gasteiger partial charge in [-0.2, -0.15) is 0 Å². The molecule has 2 aromatic carbocycles. The Labute approximate surface area is 170 Å². The molecule has 0 bridgehead atoms. The van der Waals surface area contributed by atoms with Gasteiger partial charge in [-0.25, -0.2) is 4.79 Å². The number of rotatable bonds is 3. The molecule has 0 atom stereocenters. The van der Waals surface area contributed by atoms with Crippen LogP contribution in [-0.2, 0) is 0 Å². The minimum atomic E-state index is -0.898. The Kier molecular flexibility index (Phi) is 5.62. The van der Waals surface area contributed by atoms with E-state index >= 15 is 0 Å². The van der Waals surface area contributed by atoms with Crippen LogP contribution in [0, 0.1) is 0 Å². The van der Waals surface area contributed by atoms with Gasteiger partial charge in [-0.3, -0.25) is 4.98 Å². The maximum Gasteiger partial charge on any atom is 1.00 e. The van der Waals surface area contributed by atoms with Crippen molar-refractivity contribution in [1.82, 2.24) is 4.98 Å². The molecule has 0 radical (unpaired) electrons. The van der Waals surface area contributed by atoms with E-state index in [1.54, 1.807) is 12.1 Å². The van der Waals surface area contributed by atoms with E-state index in [1.165, 1.54) is 32.1 Å². The Hall–Kier alpha value is -1.62. The van der Waals surface area contributed by atoms with E-state index in [4.69, 9.17) is 0 Å². The molecule has 0 aliphatic heterocycles. The van der Waals surface area contributed by atoms with Gasteiger partial charge < -0.3 is 11.8 Å². The number of pyridine rings is 1. The normalized spacial score (nSPS) is 15.0. The third-order valence-corrected chi connectivity index (χ3v) is 4.96. The average molecular weight is 344 g/mol. The van der Waals surface area contributed by atoms with Crippen molar-refractivity contribution in [3.8, 4) is 0 Å². The molecule has 124 valence electrons. The fraction of sp³-hybridized carbons (Fsp3) is 0.300. The van der Waals surface area contributed by atoms with Gasteiger partial charge in [-0.15, -0.1) is 0 Å². The van der Waals surface area contributed by atoms with Crippen LogP contribution in [0.1, 0.15) is 43.9 Å². The standard InChI is InChI=1S/C20H20N2O2.Na.H/c23-20(24)13-6-7-16-14(10-13)11-19(17-8-9-21-12-18(16)17)22-15-4-2-1-3-5-15;;/h6-12,15,22H,1-5H2,(H,23,24);;/q;+1;-1. The van der Waals surface area contributed by atoms with Crippen molar-refractivity contribution in [2.45, 2.75) is 38.1 Å². The van der Waals surface area contributed by atoms with Crippen molar-refractivity contribution in [1.29, 1.82) is 0 Å². The second-order valence-corrected chi connectivity index (χ2v) is 6.57. The Morgan fingerprint density at radius 1 is 1.08 bits per heavy atom. The molecule has 1 aromatic heterocycles. The van der Waals surface area contributed by atoms with Crippen LogP contribution >= 0.6 is 0 Å². The van der Waals surface area contributed by atoms with Crippen molar-refractivity contribution in [2.75, 3.05) is 5.32 Å². The van der Waals surface area contributed by atoms with Crippen LogP contribution < -0.4 is 34.9 Å². The van der Waals surface area contributed by atoms with Gasteiger partial charge in [-0.1, -0.05) is 25.3 Å². The summed E-state index contributed by atoms with van der Waals surface area (Å²) in [4.78, 5) is 15.5. The predicted octanol–water partition coefficient (Wildman–Crippen LogP) is 1.95. The summed E-state index contributed by atoms with van der Waals surface area (Å²) in [5.74, 6) is -0.898. The smallest absolute Gasteiger partial charge is 1.00 e. The summed E-state index contributed by atoms with van der Waals surface area (Å²) in [5.41, 5.74) is 1.39. The fourth-order valence-electron chi connectivity index (χ4n) is 3.72. The molecule has 0 unspecified atom stereocenters. The molecular formula is C20H21N2NaO2. The molecule has 2 N–H and O–H groups in total. The number of carboxylic acids is 1. The molecule has 1 aliphatic carbocycles. The Morgan fingerprint density at radius 3 is 2.64 bits per heavy atom. The largest absolute Gasteiger partial charge is 1.00 e. The number of hydrogen-bond acceptors (Lipinski definition) is 3. The maximum atomic E-state index is 11.3. The summed E-state index contributed by atoms with van der Waals surface area (Å²) >= 11 is 0. The summed E-state index contributed by atoms with van der Waals surface area (Å²) in [6.45, 7) is 0. The minimum absolute atomic E-state index is 0. The zero-order chi connectivity index (χ0) is 16.5. The molecule has 1 heterocycles. The van der Waals surface area contributed by atoms with Gasteiger partial charge in [0.1, 0.15) is 0 Å². The van der Waals surface area contributed by atoms with Crippen LogP contribution in [0.2, 0.25) is 0 Å². The molecule has 0 spiro atoms. The number of fused-ring (bicyclic) bond motifs is 3. The molecule has 5 heteroatoms. The number of carboxylic acid groups (broad SMARTS) is 1. The Morgan fingerprint density at radius 2 is 1.88 bits per heavy atom.